The van der Waals surface area contributed by atoms with Gasteiger partial charge in [0.25, 0.3) is 0 Å². The number of thioether (sulfide) groups is 1. The summed E-state index contributed by atoms with van der Waals surface area (Å²) in [5, 5.41) is 1.06. The van der Waals surface area contributed by atoms with E-state index in [1.54, 1.807) is 0 Å². The largest absolute Gasteiger partial charge is 0.305 e. The van der Waals surface area contributed by atoms with E-state index in [0.717, 1.165) is 24.2 Å². The molecule has 0 spiro atoms. The molecule has 1 aromatic rings. The molecule has 0 aromatic heterocycles. The summed E-state index contributed by atoms with van der Waals surface area (Å²) in [4.78, 5) is 3.70. The molecule has 78 valence electrons. The topological polar surface area (TPSA) is 3.24 Å². The third kappa shape index (κ3) is 5.03. The first kappa shape index (κ1) is 12.1. The highest BCUT2D eigenvalue weighted by atomic mass is 79.9. The molecular weight excluding hydrogens is 258 g/mol. The molecule has 0 unspecified atom stereocenters. The molecule has 0 heterocycles. The van der Waals surface area contributed by atoms with Crippen molar-refractivity contribution in [2.75, 3.05) is 31.2 Å². The minimum atomic E-state index is 1.06. The van der Waals surface area contributed by atoms with E-state index >= 15 is 0 Å². The number of hydrogen-bond donors (Lipinski definition) is 0. The smallest absolute Gasteiger partial charge is 0.0159 e. The highest BCUT2D eigenvalue weighted by Gasteiger charge is 1.97. The highest BCUT2D eigenvalue weighted by molar-refractivity contribution is 9.09. The van der Waals surface area contributed by atoms with Crippen LogP contribution in [0.15, 0.2) is 35.2 Å². The Kier molecular flexibility index (Phi) is 6.32. The van der Waals surface area contributed by atoms with Gasteiger partial charge in [-0.15, -0.1) is 11.8 Å². The van der Waals surface area contributed by atoms with Crippen LogP contribution in [0.25, 0.3) is 0 Å². The summed E-state index contributed by atoms with van der Waals surface area (Å²) in [6.45, 7) is 2.26. The van der Waals surface area contributed by atoms with E-state index in [9.17, 15) is 0 Å². The van der Waals surface area contributed by atoms with Crippen molar-refractivity contribution in [3.63, 3.8) is 0 Å². The van der Waals surface area contributed by atoms with Crippen molar-refractivity contribution in [3.05, 3.63) is 30.3 Å². The summed E-state index contributed by atoms with van der Waals surface area (Å²) >= 11 is 5.36. The van der Waals surface area contributed by atoms with E-state index in [1.165, 1.54) is 4.90 Å². The Hall–Kier alpha value is 0.0100. The van der Waals surface area contributed by atoms with Gasteiger partial charge in [0.1, 0.15) is 0 Å². The van der Waals surface area contributed by atoms with Gasteiger partial charge >= 0.3 is 0 Å². The van der Waals surface area contributed by atoms with E-state index in [1.807, 2.05) is 11.8 Å². The van der Waals surface area contributed by atoms with Crippen molar-refractivity contribution in [3.8, 4) is 0 Å². The molecule has 0 aliphatic rings. The van der Waals surface area contributed by atoms with Crippen LogP contribution in [0.1, 0.15) is 0 Å². The van der Waals surface area contributed by atoms with Crippen LogP contribution in [0.5, 0.6) is 0 Å². The maximum absolute atomic E-state index is 3.44. The molecule has 0 radical (unpaired) electrons. The fraction of sp³-hybridized carbons (Fsp3) is 0.455. The summed E-state index contributed by atoms with van der Waals surface area (Å²) in [5.41, 5.74) is 0. The summed E-state index contributed by atoms with van der Waals surface area (Å²) in [7, 11) is 2.16. The van der Waals surface area contributed by atoms with Gasteiger partial charge in [-0.05, 0) is 19.2 Å². The molecule has 0 amide bonds. The monoisotopic (exact) mass is 273 g/mol. The van der Waals surface area contributed by atoms with Crippen LogP contribution in [0, 0.1) is 0 Å². The standard InChI is InChI=1S/C11H16BrNS/c1-13(8-7-12)9-10-14-11-5-3-2-4-6-11/h2-6H,7-10H2,1H3. The lowest BCUT2D eigenvalue weighted by Gasteiger charge is -2.14. The van der Waals surface area contributed by atoms with Gasteiger partial charge in [-0.2, -0.15) is 0 Å². The van der Waals surface area contributed by atoms with Gasteiger partial charge in [-0.1, -0.05) is 34.1 Å². The van der Waals surface area contributed by atoms with E-state index < -0.39 is 0 Å². The van der Waals surface area contributed by atoms with Gasteiger partial charge in [0.05, 0.1) is 0 Å². The van der Waals surface area contributed by atoms with Gasteiger partial charge in [0, 0.05) is 29.1 Å². The predicted molar refractivity (Wildman–Crippen MR) is 68.5 cm³/mol. The molecule has 1 aromatic carbocycles. The molecule has 0 fully saturated rings. The Balaban J connectivity index is 2.16. The van der Waals surface area contributed by atoms with Crippen LogP contribution in [0.4, 0.5) is 0 Å². The molecular formula is C11H16BrNS. The lowest BCUT2D eigenvalue weighted by Crippen LogP contribution is -2.23. The molecule has 0 aliphatic carbocycles. The number of benzene rings is 1. The molecule has 1 nitrogen and oxygen atoms in total. The minimum Gasteiger partial charge on any atom is -0.305 e. The number of alkyl halides is 1. The van der Waals surface area contributed by atoms with Gasteiger partial charge < -0.3 is 4.90 Å². The molecule has 0 bridgehead atoms. The Morgan fingerprint density at radius 1 is 1.21 bits per heavy atom. The van der Waals surface area contributed by atoms with Crippen molar-refractivity contribution < 1.29 is 0 Å². The summed E-state index contributed by atoms with van der Waals surface area (Å²) in [5.74, 6) is 1.16. The number of rotatable bonds is 6. The van der Waals surface area contributed by atoms with Crippen LogP contribution in [0.2, 0.25) is 0 Å². The van der Waals surface area contributed by atoms with Crippen LogP contribution in [-0.2, 0) is 0 Å². The third-order valence-electron chi connectivity index (χ3n) is 1.95. The molecule has 14 heavy (non-hydrogen) atoms. The molecule has 0 atom stereocenters. The van der Waals surface area contributed by atoms with E-state index in [2.05, 4.69) is 58.2 Å². The normalized spacial score (nSPS) is 10.8. The average Bonchev–Trinajstić information content (AvgIpc) is 2.20. The van der Waals surface area contributed by atoms with Crippen molar-refractivity contribution >= 4 is 27.7 Å². The Labute approximate surface area is 99.0 Å². The van der Waals surface area contributed by atoms with Crippen LogP contribution in [0.3, 0.4) is 0 Å². The zero-order valence-corrected chi connectivity index (χ0v) is 10.9. The minimum absolute atomic E-state index is 1.06. The zero-order valence-electron chi connectivity index (χ0n) is 8.45. The first-order chi connectivity index (χ1) is 6.83. The lowest BCUT2D eigenvalue weighted by atomic mass is 10.4. The fourth-order valence-corrected chi connectivity index (χ4v) is 2.69. The van der Waals surface area contributed by atoms with Gasteiger partial charge in [0.2, 0.25) is 0 Å². The van der Waals surface area contributed by atoms with Gasteiger partial charge in [-0.3, -0.25) is 0 Å². The third-order valence-corrected chi connectivity index (χ3v) is 3.30. The van der Waals surface area contributed by atoms with Gasteiger partial charge in [-0.25, -0.2) is 0 Å². The Morgan fingerprint density at radius 2 is 1.93 bits per heavy atom. The second kappa shape index (κ2) is 7.32. The Morgan fingerprint density at radius 3 is 2.57 bits per heavy atom. The molecule has 0 N–H and O–H groups in total. The summed E-state index contributed by atoms with van der Waals surface area (Å²) in [6, 6.07) is 10.6. The quantitative estimate of drug-likeness (QED) is 0.579. The van der Waals surface area contributed by atoms with Crippen molar-refractivity contribution in [2.45, 2.75) is 4.90 Å². The lowest BCUT2D eigenvalue weighted by molar-refractivity contribution is 0.381. The first-order valence-corrected chi connectivity index (χ1v) is 6.86. The van der Waals surface area contributed by atoms with Crippen molar-refractivity contribution in [2.24, 2.45) is 0 Å². The van der Waals surface area contributed by atoms with E-state index in [-0.39, 0.29) is 0 Å². The average molecular weight is 274 g/mol. The summed E-state index contributed by atoms with van der Waals surface area (Å²) in [6.07, 6.45) is 0. The number of halogens is 1. The van der Waals surface area contributed by atoms with Crippen molar-refractivity contribution in [1.29, 1.82) is 0 Å². The maximum Gasteiger partial charge on any atom is 0.0159 e. The van der Waals surface area contributed by atoms with Crippen molar-refractivity contribution in [1.82, 2.24) is 4.90 Å². The second-order valence-corrected chi connectivity index (χ2v) is 5.12. The van der Waals surface area contributed by atoms with Crippen LogP contribution in [-0.4, -0.2) is 36.1 Å². The molecule has 0 saturated heterocycles. The SMILES string of the molecule is CN(CCBr)CCSc1ccccc1. The molecule has 1 rings (SSSR count). The van der Waals surface area contributed by atoms with E-state index in [4.69, 9.17) is 0 Å². The maximum atomic E-state index is 3.44. The van der Waals surface area contributed by atoms with E-state index in [0.29, 0.717) is 0 Å². The highest BCUT2D eigenvalue weighted by Crippen LogP contribution is 2.16. The molecule has 3 heteroatoms. The van der Waals surface area contributed by atoms with Gasteiger partial charge in [0.15, 0.2) is 0 Å². The molecule has 0 saturated carbocycles. The second-order valence-electron chi connectivity index (χ2n) is 3.15. The number of nitrogens with zero attached hydrogens (tertiary/aromatic N) is 1. The zero-order chi connectivity index (χ0) is 10.2. The first-order valence-electron chi connectivity index (χ1n) is 4.75. The fourth-order valence-electron chi connectivity index (χ4n) is 1.09. The molecule has 0 aliphatic heterocycles. The number of hydrogen-bond acceptors (Lipinski definition) is 2. The van der Waals surface area contributed by atoms with Crippen LogP contribution >= 0.6 is 27.7 Å². The predicted octanol–water partition coefficient (Wildman–Crippen LogP) is 3.11. The van der Waals surface area contributed by atoms with Crippen LogP contribution < -0.4 is 0 Å². The summed E-state index contributed by atoms with van der Waals surface area (Å²) < 4.78 is 0. The Bertz CT molecular complexity index is 240.